The minimum absolute atomic E-state index is 0.00170. The van der Waals surface area contributed by atoms with Crippen LogP contribution in [0.2, 0.25) is 0 Å². The highest BCUT2D eigenvalue weighted by Gasteiger charge is 2.11. The number of para-hydroxylation sites is 1. The quantitative estimate of drug-likeness (QED) is 0.820. The molecule has 0 radical (unpaired) electrons. The van der Waals surface area contributed by atoms with Gasteiger partial charge in [0.15, 0.2) is 0 Å². The van der Waals surface area contributed by atoms with Crippen molar-refractivity contribution in [3.63, 3.8) is 0 Å². The Morgan fingerprint density at radius 3 is 2.90 bits per heavy atom. The highest BCUT2D eigenvalue weighted by atomic mass is 16.4. The molecule has 1 aromatic heterocycles. The molecule has 0 bridgehead atoms. The number of aromatic nitrogens is 1. The van der Waals surface area contributed by atoms with Crippen molar-refractivity contribution in [3.8, 4) is 0 Å². The van der Waals surface area contributed by atoms with Gasteiger partial charge in [0.25, 0.3) is 0 Å². The van der Waals surface area contributed by atoms with E-state index in [1.54, 1.807) is 6.08 Å². The van der Waals surface area contributed by atoms with Gasteiger partial charge in [0.2, 0.25) is 0 Å². The first-order valence-electron chi connectivity index (χ1n) is 6.50. The molecule has 0 fully saturated rings. The molecular weight excluding hydrogens is 252 g/mol. The van der Waals surface area contributed by atoms with Gasteiger partial charge in [-0.1, -0.05) is 24.3 Å². The minimum Gasteiger partial charge on any atom is -0.480 e. The molecule has 0 saturated carbocycles. The first-order chi connectivity index (χ1) is 9.60. The third-order valence-corrected chi connectivity index (χ3v) is 3.07. The largest absolute Gasteiger partial charge is 0.480 e. The van der Waals surface area contributed by atoms with Crippen LogP contribution in [0.15, 0.2) is 43.0 Å². The molecule has 1 N–H and O–H groups in total. The zero-order chi connectivity index (χ0) is 14.5. The fourth-order valence-electron chi connectivity index (χ4n) is 2.33. The Hall–Kier alpha value is -2.20. The number of benzene rings is 1. The highest BCUT2D eigenvalue weighted by Crippen LogP contribution is 2.19. The van der Waals surface area contributed by atoms with Gasteiger partial charge in [0, 0.05) is 24.2 Å². The van der Waals surface area contributed by atoms with E-state index in [1.165, 1.54) is 0 Å². The summed E-state index contributed by atoms with van der Waals surface area (Å²) in [5.41, 5.74) is 2.97. The number of hydrogen-bond acceptors (Lipinski definition) is 3. The summed E-state index contributed by atoms with van der Waals surface area (Å²) in [5.74, 6) is -0.832. The molecule has 0 aliphatic carbocycles. The zero-order valence-corrected chi connectivity index (χ0v) is 11.5. The van der Waals surface area contributed by atoms with Gasteiger partial charge in [-0.25, -0.2) is 0 Å². The van der Waals surface area contributed by atoms with E-state index in [0.29, 0.717) is 13.1 Å². The van der Waals surface area contributed by atoms with Crippen molar-refractivity contribution in [2.75, 3.05) is 13.1 Å². The maximum absolute atomic E-state index is 10.9. The second kappa shape index (κ2) is 6.30. The molecule has 0 saturated heterocycles. The van der Waals surface area contributed by atoms with Crippen LogP contribution in [0.4, 0.5) is 0 Å². The number of pyridine rings is 1. The summed E-state index contributed by atoms with van der Waals surface area (Å²) in [5, 5.41) is 10.0. The van der Waals surface area contributed by atoms with Crippen molar-refractivity contribution in [3.05, 3.63) is 54.2 Å². The highest BCUT2D eigenvalue weighted by molar-refractivity contribution is 5.82. The lowest BCUT2D eigenvalue weighted by molar-refractivity contribution is -0.138. The number of hydrogen-bond donors (Lipinski definition) is 1. The monoisotopic (exact) mass is 270 g/mol. The number of carboxylic acid groups (broad SMARTS) is 1. The normalized spacial score (nSPS) is 10.9. The van der Waals surface area contributed by atoms with Crippen molar-refractivity contribution < 1.29 is 9.90 Å². The standard InChI is InChI=1S/C16H18N2O2/c1-3-8-18(11-16(19)20)10-13-9-12(2)17-15-7-5-4-6-14(13)15/h3-7,9H,1,8,10-11H2,2H3,(H,19,20). The van der Waals surface area contributed by atoms with Crippen molar-refractivity contribution in [2.24, 2.45) is 0 Å². The van der Waals surface area contributed by atoms with Gasteiger partial charge in [0.1, 0.15) is 0 Å². The fourth-order valence-corrected chi connectivity index (χ4v) is 2.33. The smallest absolute Gasteiger partial charge is 0.317 e. The molecule has 0 unspecified atom stereocenters. The lowest BCUT2D eigenvalue weighted by atomic mass is 10.1. The van der Waals surface area contributed by atoms with Crippen molar-refractivity contribution in [1.29, 1.82) is 0 Å². The molecule has 104 valence electrons. The average molecular weight is 270 g/mol. The Kier molecular flexibility index (Phi) is 4.48. The summed E-state index contributed by atoms with van der Waals surface area (Å²) in [6.07, 6.45) is 1.72. The number of nitrogens with zero attached hydrogens (tertiary/aromatic N) is 2. The summed E-state index contributed by atoms with van der Waals surface area (Å²) in [4.78, 5) is 17.3. The third kappa shape index (κ3) is 3.42. The molecule has 4 heteroatoms. The lowest BCUT2D eigenvalue weighted by Crippen LogP contribution is -2.29. The Morgan fingerprint density at radius 2 is 2.20 bits per heavy atom. The summed E-state index contributed by atoms with van der Waals surface area (Å²) in [6.45, 7) is 6.75. The van der Waals surface area contributed by atoms with Crippen LogP contribution in [0.3, 0.4) is 0 Å². The van der Waals surface area contributed by atoms with Crippen LogP contribution >= 0.6 is 0 Å². The summed E-state index contributed by atoms with van der Waals surface area (Å²) >= 11 is 0. The van der Waals surface area contributed by atoms with E-state index in [1.807, 2.05) is 42.2 Å². The second-order valence-electron chi connectivity index (χ2n) is 4.79. The number of aryl methyl sites for hydroxylation is 1. The zero-order valence-electron chi connectivity index (χ0n) is 11.5. The molecule has 2 rings (SSSR count). The number of carboxylic acids is 1. The van der Waals surface area contributed by atoms with Gasteiger partial charge in [-0.15, -0.1) is 6.58 Å². The van der Waals surface area contributed by atoms with E-state index < -0.39 is 5.97 Å². The van der Waals surface area contributed by atoms with Gasteiger partial charge in [-0.2, -0.15) is 0 Å². The summed E-state index contributed by atoms with van der Waals surface area (Å²) in [6, 6.07) is 9.93. The SMILES string of the molecule is C=CCN(CC(=O)O)Cc1cc(C)nc2ccccc12. The summed E-state index contributed by atoms with van der Waals surface area (Å²) < 4.78 is 0. The molecular formula is C16H18N2O2. The molecule has 0 aliphatic heterocycles. The Morgan fingerprint density at radius 1 is 1.45 bits per heavy atom. The Balaban J connectivity index is 2.35. The molecule has 0 aliphatic rings. The van der Waals surface area contributed by atoms with Crippen LogP contribution in [-0.2, 0) is 11.3 Å². The van der Waals surface area contributed by atoms with Crippen molar-refractivity contribution in [1.82, 2.24) is 9.88 Å². The average Bonchev–Trinajstić information content (AvgIpc) is 2.38. The van der Waals surface area contributed by atoms with Crippen LogP contribution in [0.1, 0.15) is 11.3 Å². The second-order valence-corrected chi connectivity index (χ2v) is 4.79. The predicted molar refractivity (Wildman–Crippen MR) is 79.6 cm³/mol. The first-order valence-corrected chi connectivity index (χ1v) is 6.50. The van der Waals surface area contributed by atoms with Crippen molar-refractivity contribution in [2.45, 2.75) is 13.5 Å². The Bertz CT molecular complexity index is 637. The van der Waals surface area contributed by atoms with E-state index >= 15 is 0 Å². The third-order valence-electron chi connectivity index (χ3n) is 3.07. The fraction of sp³-hybridized carbons (Fsp3) is 0.250. The van der Waals surface area contributed by atoms with E-state index in [2.05, 4.69) is 11.6 Å². The lowest BCUT2D eigenvalue weighted by Gasteiger charge is -2.19. The molecule has 1 aromatic carbocycles. The molecule has 4 nitrogen and oxygen atoms in total. The van der Waals surface area contributed by atoms with Gasteiger partial charge >= 0.3 is 5.97 Å². The van der Waals surface area contributed by atoms with Crippen LogP contribution in [-0.4, -0.2) is 34.0 Å². The molecule has 0 atom stereocenters. The van der Waals surface area contributed by atoms with E-state index in [0.717, 1.165) is 22.2 Å². The van der Waals surface area contributed by atoms with Gasteiger partial charge < -0.3 is 5.11 Å². The number of fused-ring (bicyclic) bond motifs is 1. The predicted octanol–water partition coefficient (Wildman–Crippen LogP) is 2.62. The van der Waals surface area contributed by atoms with E-state index in [-0.39, 0.29) is 6.54 Å². The van der Waals surface area contributed by atoms with E-state index in [9.17, 15) is 4.79 Å². The van der Waals surface area contributed by atoms with Crippen LogP contribution < -0.4 is 0 Å². The van der Waals surface area contributed by atoms with Gasteiger partial charge in [-0.05, 0) is 24.6 Å². The molecule has 0 spiro atoms. The number of carbonyl (C=O) groups is 1. The topological polar surface area (TPSA) is 53.4 Å². The molecule has 1 heterocycles. The van der Waals surface area contributed by atoms with E-state index in [4.69, 9.17) is 5.11 Å². The maximum Gasteiger partial charge on any atom is 0.317 e. The first kappa shape index (κ1) is 14.2. The van der Waals surface area contributed by atoms with Crippen LogP contribution in [0.5, 0.6) is 0 Å². The van der Waals surface area contributed by atoms with Gasteiger partial charge in [-0.3, -0.25) is 14.7 Å². The van der Waals surface area contributed by atoms with Gasteiger partial charge in [0.05, 0.1) is 12.1 Å². The number of aliphatic carboxylic acids is 1. The summed E-state index contributed by atoms with van der Waals surface area (Å²) in [7, 11) is 0. The molecule has 2 aromatic rings. The molecule has 20 heavy (non-hydrogen) atoms. The van der Waals surface area contributed by atoms with Crippen molar-refractivity contribution >= 4 is 16.9 Å². The molecule has 0 amide bonds. The number of rotatable bonds is 6. The Labute approximate surface area is 118 Å². The maximum atomic E-state index is 10.9. The minimum atomic E-state index is -0.832. The van der Waals surface area contributed by atoms with Crippen LogP contribution in [0.25, 0.3) is 10.9 Å². The van der Waals surface area contributed by atoms with Crippen LogP contribution in [0, 0.1) is 6.92 Å².